The number of aliphatic hydroxyl groups is 1. The van der Waals surface area contributed by atoms with Crippen molar-refractivity contribution in [1.29, 1.82) is 0 Å². The molecule has 1 heterocycles. The Labute approximate surface area is 84.9 Å². The number of aliphatic hydroxyl groups excluding tert-OH is 1. The van der Waals surface area contributed by atoms with Gasteiger partial charge in [0.25, 0.3) is 0 Å². The van der Waals surface area contributed by atoms with Crippen LogP contribution in [0.3, 0.4) is 0 Å². The fourth-order valence-corrected chi connectivity index (χ4v) is 1.51. The number of nitrogens with zero attached hydrogens (tertiary/aromatic N) is 2. The van der Waals surface area contributed by atoms with Crippen LogP contribution in [0.2, 0.25) is 0 Å². The zero-order valence-corrected chi connectivity index (χ0v) is 8.82. The van der Waals surface area contributed by atoms with Crippen molar-refractivity contribution in [2.45, 2.75) is 12.5 Å². The van der Waals surface area contributed by atoms with Crippen LogP contribution in [-0.2, 0) is 7.05 Å². The molecule has 0 aliphatic rings. The van der Waals surface area contributed by atoms with Crippen molar-refractivity contribution in [3.8, 4) is 12.3 Å². The maximum absolute atomic E-state index is 9.51. The molecule has 0 fully saturated rings. The van der Waals surface area contributed by atoms with E-state index in [0.29, 0.717) is 6.42 Å². The van der Waals surface area contributed by atoms with Gasteiger partial charge in [-0.15, -0.1) is 12.3 Å². The molecule has 1 N–H and O–H groups in total. The van der Waals surface area contributed by atoms with Gasteiger partial charge in [0.15, 0.2) is 0 Å². The SMILES string of the molecule is C#CCC(O)c1cnn(C)c1I. The van der Waals surface area contributed by atoms with E-state index in [2.05, 4.69) is 33.6 Å². The Morgan fingerprint density at radius 1 is 1.92 bits per heavy atom. The second-order valence-electron chi connectivity index (χ2n) is 2.44. The molecule has 0 aromatic carbocycles. The number of hydrogen-bond acceptors (Lipinski definition) is 2. The van der Waals surface area contributed by atoms with Crippen LogP contribution in [0, 0.1) is 16.0 Å². The van der Waals surface area contributed by atoms with Crippen molar-refractivity contribution in [2.75, 3.05) is 0 Å². The minimum Gasteiger partial charge on any atom is -0.387 e. The predicted molar refractivity (Wildman–Crippen MR) is 54.3 cm³/mol. The van der Waals surface area contributed by atoms with Gasteiger partial charge in [0.05, 0.1) is 12.3 Å². The van der Waals surface area contributed by atoms with Gasteiger partial charge in [0.2, 0.25) is 0 Å². The molecule has 1 aromatic heterocycles. The number of aryl methyl sites for hydroxylation is 1. The number of halogens is 1. The van der Waals surface area contributed by atoms with Gasteiger partial charge in [-0.2, -0.15) is 5.10 Å². The Morgan fingerprint density at radius 3 is 3.00 bits per heavy atom. The van der Waals surface area contributed by atoms with Crippen LogP contribution in [0.25, 0.3) is 0 Å². The molecule has 4 heteroatoms. The average molecular weight is 276 g/mol. The normalized spacial score (nSPS) is 12.5. The van der Waals surface area contributed by atoms with E-state index in [1.807, 2.05) is 7.05 Å². The van der Waals surface area contributed by atoms with Crippen molar-refractivity contribution in [2.24, 2.45) is 7.05 Å². The molecule has 1 rings (SSSR count). The summed E-state index contributed by atoms with van der Waals surface area (Å²) < 4.78 is 2.63. The lowest BCUT2D eigenvalue weighted by Crippen LogP contribution is -1.99. The van der Waals surface area contributed by atoms with Gasteiger partial charge in [-0.3, -0.25) is 4.68 Å². The van der Waals surface area contributed by atoms with Crippen LogP contribution >= 0.6 is 22.6 Å². The number of terminal acetylenes is 1. The lowest BCUT2D eigenvalue weighted by atomic mass is 10.1. The fraction of sp³-hybridized carbons (Fsp3) is 0.375. The van der Waals surface area contributed by atoms with Crippen molar-refractivity contribution in [3.05, 3.63) is 15.5 Å². The molecule has 0 amide bonds. The largest absolute Gasteiger partial charge is 0.387 e. The third-order valence-corrected chi connectivity index (χ3v) is 2.88. The van der Waals surface area contributed by atoms with Crippen LogP contribution in [0.4, 0.5) is 0 Å². The van der Waals surface area contributed by atoms with Gasteiger partial charge in [0.1, 0.15) is 3.70 Å². The van der Waals surface area contributed by atoms with E-state index >= 15 is 0 Å². The maximum Gasteiger partial charge on any atom is 0.104 e. The summed E-state index contributed by atoms with van der Waals surface area (Å²) in [5, 5.41) is 13.5. The summed E-state index contributed by atoms with van der Waals surface area (Å²) in [6.45, 7) is 0. The summed E-state index contributed by atoms with van der Waals surface area (Å²) in [5.74, 6) is 2.41. The molecule has 12 heavy (non-hydrogen) atoms. The highest BCUT2D eigenvalue weighted by Crippen LogP contribution is 2.20. The second-order valence-corrected chi connectivity index (χ2v) is 3.46. The predicted octanol–water partition coefficient (Wildman–Crippen LogP) is 1.08. The van der Waals surface area contributed by atoms with Crippen LogP contribution in [-0.4, -0.2) is 14.9 Å². The first kappa shape index (κ1) is 9.55. The number of rotatable bonds is 2. The summed E-state index contributed by atoms with van der Waals surface area (Å²) in [7, 11) is 1.83. The third kappa shape index (κ3) is 1.79. The van der Waals surface area contributed by atoms with E-state index in [4.69, 9.17) is 6.42 Å². The molecule has 0 saturated carbocycles. The van der Waals surface area contributed by atoms with Crippen molar-refractivity contribution in [1.82, 2.24) is 9.78 Å². The van der Waals surface area contributed by atoms with Gasteiger partial charge >= 0.3 is 0 Å². The van der Waals surface area contributed by atoms with Gasteiger partial charge in [-0.1, -0.05) is 0 Å². The molecule has 0 saturated heterocycles. The molecule has 3 nitrogen and oxygen atoms in total. The Kier molecular flexibility index (Phi) is 3.12. The zero-order valence-electron chi connectivity index (χ0n) is 6.66. The average Bonchev–Trinajstić information content (AvgIpc) is 2.34. The summed E-state index contributed by atoms with van der Waals surface area (Å²) >= 11 is 2.13. The van der Waals surface area contributed by atoms with E-state index in [0.717, 1.165) is 9.26 Å². The van der Waals surface area contributed by atoms with Gasteiger partial charge in [-0.25, -0.2) is 0 Å². The van der Waals surface area contributed by atoms with E-state index in [1.165, 1.54) is 0 Å². The highest BCUT2D eigenvalue weighted by atomic mass is 127. The van der Waals surface area contributed by atoms with Crippen molar-refractivity contribution in [3.63, 3.8) is 0 Å². The first-order valence-electron chi connectivity index (χ1n) is 3.45. The molecule has 1 atom stereocenters. The van der Waals surface area contributed by atoms with Crippen LogP contribution in [0.15, 0.2) is 6.20 Å². The van der Waals surface area contributed by atoms with Gasteiger partial charge in [-0.05, 0) is 22.6 Å². The maximum atomic E-state index is 9.51. The molecule has 0 spiro atoms. The summed E-state index contributed by atoms with van der Waals surface area (Å²) in [4.78, 5) is 0. The molecule has 64 valence electrons. The Morgan fingerprint density at radius 2 is 2.58 bits per heavy atom. The lowest BCUT2D eigenvalue weighted by Gasteiger charge is -2.04. The lowest BCUT2D eigenvalue weighted by molar-refractivity contribution is 0.183. The summed E-state index contributed by atoms with van der Waals surface area (Å²) in [6, 6.07) is 0. The van der Waals surface area contributed by atoms with Crippen molar-refractivity contribution >= 4 is 22.6 Å². The highest BCUT2D eigenvalue weighted by Gasteiger charge is 2.13. The number of hydrogen-bond donors (Lipinski definition) is 1. The van der Waals surface area contributed by atoms with E-state index in [9.17, 15) is 5.11 Å². The molecular formula is C8H9IN2O. The molecule has 1 aromatic rings. The van der Waals surface area contributed by atoms with E-state index in [-0.39, 0.29) is 0 Å². The Bertz CT molecular complexity index is 313. The molecule has 1 unspecified atom stereocenters. The molecule has 0 radical (unpaired) electrons. The van der Waals surface area contributed by atoms with Crippen molar-refractivity contribution < 1.29 is 5.11 Å². The standard InChI is InChI=1S/C8H9IN2O/c1-3-4-7(12)6-5-10-11(2)8(6)9/h1,5,7,12H,4H2,2H3. The molecule has 0 aliphatic carbocycles. The second kappa shape index (κ2) is 3.92. The van der Waals surface area contributed by atoms with Crippen LogP contribution < -0.4 is 0 Å². The smallest absolute Gasteiger partial charge is 0.104 e. The summed E-state index contributed by atoms with van der Waals surface area (Å²) in [5.41, 5.74) is 0.802. The third-order valence-electron chi connectivity index (χ3n) is 1.56. The Hall–Kier alpha value is -0.540. The molecule has 0 aliphatic heterocycles. The van der Waals surface area contributed by atoms with Crippen LogP contribution in [0.5, 0.6) is 0 Å². The minimum absolute atomic E-state index is 0.335. The minimum atomic E-state index is -0.587. The molecule has 0 bridgehead atoms. The molecular weight excluding hydrogens is 267 g/mol. The highest BCUT2D eigenvalue weighted by molar-refractivity contribution is 14.1. The monoisotopic (exact) mass is 276 g/mol. The Balaban J connectivity index is 2.89. The van der Waals surface area contributed by atoms with Crippen LogP contribution in [0.1, 0.15) is 18.1 Å². The van der Waals surface area contributed by atoms with Gasteiger partial charge < -0.3 is 5.11 Å². The summed E-state index contributed by atoms with van der Waals surface area (Å²) in [6.07, 6.45) is 6.47. The van der Waals surface area contributed by atoms with E-state index in [1.54, 1.807) is 10.9 Å². The van der Waals surface area contributed by atoms with E-state index < -0.39 is 6.10 Å². The van der Waals surface area contributed by atoms with Gasteiger partial charge in [0, 0.05) is 19.0 Å². The zero-order chi connectivity index (χ0) is 9.14. The number of aromatic nitrogens is 2. The first-order valence-corrected chi connectivity index (χ1v) is 4.53. The quantitative estimate of drug-likeness (QED) is 0.648. The topological polar surface area (TPSA) is 38.1 Å². The fourth-order valence-electron chi connectivity index (χ4n) is 0.885. The first-order chi connectivity index (χ1) is 5.66.